The Morgan fingerprint density at radius 2 is 1.89 bits per heavy atom. The van der Waals surface area contributed by atoms with E-state index in [0.717, 1.165) is 19.6 Å². The molecule has 2 heterocycles. The summed E-state index contributed by atoms with van der Waals surface area (Å²) in [7, 11) is 2.19. The van der Waals surface area contributed by atoms with Crippen LogP contribution in [0.25, 0.3) is 0 Å². The number of nitrogens with zero attached hydrogens (tertiary/aromatic N) is 3. The van der Waals surface area contributed by atoms with Gasteiger partial charge >= 0.3 is 0 Å². The van der Waals surface area contributed by atoms with Gasteiger partial charge in [-0.25, -0.2) is 0 Å². The molecule has 2 aliphatic heterocycles. The summed E-state index contributed by atoms with van der Waals surface area (Å²) in [5.41, 5.74) is 3.84. The highest BCUT2D eigenvalue weighted by atomic mass is 35.5. The second-order valence-corrected chi connectivity index (χ2v) is 7.57. The monoisotopic (exact) mass is 381 g/mol. The molecule has 27 heavy (non-hydrogen) atoms. The van der Waals surface area contributed by atoms with Gasteiger partial charge in [0.05, 0.1) is 11.6 Å². The van der Waals surface area contributed by atoms with Crippen molar-refractivity contribution in [2.45, 2.75) is 13.0 Å². The van der Waals surface area contributed by atoms with E-state index in [1.165, 1.54) is 11.1 Å². The molecule has 0 bridgehead atoms. The largest absolute Gasteiger partial charge is 0.338 e. The van der Waals surface area contributed by atoms with Crippen molar-refractivity contribution in [2.75, 3.05) is 26.7 Å². The third-order valence-electron chi connectivity index (χ3n) is 5.93. The molecule has 2 aliphatic rings. The van der Waals surface area contributed by atoms with Crippen LogP contribution in [-0.4, -0.2) is 42.4 Å². The van der Waals surface area contributed by atoms with Crippen molar-refractivity contribution in [2.24, 2.45) is 11.8 Å². The SMILES string of the molecule is Cc1ccccc1[C@H]1[C@@H]2CN(C(=O)c3cccc(C#N)c3)C[C@@H]2CN1C.Cl. The summed E-state index contributed by atoms with van der Waals surface area (Å²) in [6.45, 7) is 4.77. The number of carbonyl (C=O) groups excluding carboxylic acids is 1. The van der Waals surface area contributed by atoms with E-state index in [2.05, 4.69) is 49.2 Å². The molecule has 2 aromatic rings. The Morgan fingerprint density at radius 1 is 1.11 bits per heavy atom. The minimum atomic E-state index is 0. The maximum Gasteiger partial charge on any atom is 0.253 e. The first-order valence-electron chi connectivity index (χ1n) is 9.13. The van der Waals surface area contributed by atoms with Crippen LogP contribution in [0.3, 0.4) is 0 Å². The zero-order chi connectivity index (χ0) is 18.3. The van der Waals surface area contributed by atoms with E-state index in [-0.39, 0.29) is 18.3 Å². The average molecular weight is 382 g/mol. The van der Waals surface area contributed by atoms with Crippen molar-refractivity contribution in [3.8, 4) is 6.07 Å². The molecule has 1 amide bonds. The van der Waals surface area contributed by atoms with E-state index < -0.39 is 0 Å². The number of aryl methyl sites for hydroxylation is 1. The molecule has 2 aromatic carbocycles. The Hall–Kier alpha value is -2.35. The van der Waals surface area contributed by atoms with Gasteiger partial charge in [-0.1, -0.05) is 30.3 Å². The first-order chi connectivity index (χ1) is 12.6. The summed E-state index contributed by atoms with van der Waals surface area (Å²) < 4.78 is 0. The lowest BCUT2D eigenvalue weighted by molar-refractivity contribution is 0.0768. The number of nitriles is 1. The molecular weight excluding hydrogens is 358 g/mol. The van der Waals surface area contributed by atoms with Crippen LogP contribution in [0.15, 0.2) is 48.5 Å². The Morgan fingerprint density at radius 3 is 2.63 bits per heavy atom. The summed E-state index contributed by atoms with van der Waals surface area (Å²) >= 11 is 0. The second kappa shape index (κ2) is 7.72. The predicted molar refractivity (Wildman–Crippen MR) is 108 cm³/mol. The van der Waals surface area contributed by atoms with E-state index in [1.54, 1.807) is 18.2 Å². The normalized spacial score (nSPS) is 24.2. The zero-order valence-corrected chi connectivity index (χ0v) is 16.4. The van der Waals surface area contributed by atoms with Crippen LogP contribution in [0.2, 0.25) is 0 Å². The van der Waals surface area contributed by atoms with Gasteiger partial charge in [0.25, 0.3) is 5.91 Å². The molecule has 0 aliphatic carbocycles. The van der Waals surface area contributed by atoms with Crippen LogP contribution in [0.1, 0.15) is 33.1 Å². The van der Waals surface area contributed by atoms with Gasteiger partial charge in [0.2, 0.25) is 0 Å². The number of benzene rings is 2. The van der Waals surface area contributed by atoms with Crippen molar-refractivity contribution >= 4 is 18.3 Å². The number of halogens is 1. The molecule has 0 radical (unpaired) electrons. The first kappa shape index (κ1) is 19.4. The zero-order valence-electron chi connectivity index (χ0n) is 15.6. The van der Waals surface area contributed by atoms with Crippen LogP contribution >= 0.6 is 12.4 Å². The van der Waals surface area contributed by atoms with Crippen LogP contribution in [0.5, 0.6) is 0 Å². The third kappa shape index (κ3) is 3.45. The molecule has 2 saturated heterocycles. The van der Waals surface area contributed by atoms with Crippen molar-refractivity contribution in [3.05, 3.63) is 70.8 Å². The number of hydrogen-bond acceptors (Lipinski definition) is 3. The highest BCUT2D eigenvalue weighted by Gasteiger charge is 2.47. The molecule has 3 atom stereocenters. The maximum atomic E-state index is 12.9. The van der Waals surface area contributed by atoms with Crippen LogP contribution in [0.4, 0.5) is 0 Å². The fraction of sp³-hybridized carbons (Fsp3) is 0.364. The highest BCUT2D eigenvalue weighted by molar-refractivity contribution is 5.94. The minimum Gasteiger partial charge on any atom is -0.338 e. The molecule has 2 fully saturated rings. The number of rotatable bonds is 2. The van der Waals surface area contributed by atoms with E-state index >= 15 is 0 Å². The molecule has 140 valence electrons. The van der Waals surface area contributed by atoms with Gasteiger partial charge in [-0.15, -0.1) is 12.4 Å². The van der Waals surface area contributed by atoms with Crippen LogP contribution < -0.4 is 0 Å². The lowest BCUT2D eigenvalue weighted by Gasteiger charge is -2.28. The first-order valence-corrected chi connectivity index (χ1v) is 9.13. The lowest BCUT2D eigenvalue weighted by Crippen LogP contribution is -2.33. The topological polar surface area (TPSA) is 47.3 Å². The molecular formula is C22H24ClN3O. The molecule has 5 heteroatoms. The van der Waals surface area contributed by atoms with Crippen molar-refractivity contribution in [1.29, 1.82) is 5.26 Å². The quantitative estimate of drug-likeness (QED) is 0.797. The van der Waals surface area contributed by atoms with Gasteiger partial charge in [0.1, 0.15) is 0 Å². The third-order valence-corrected chi connectivity index (χ3v) is 5.93. The van der Waals surface area contributed by atoms with Gasteiger partial charge in [-0.3, -0.25) is 9.69 Å². The fourth-order valence-corrected chi connectivity index (χ4v) is 4.71. The fourth-order valence-electron chi connectivity index (χ4n) is 4.71. The highest BCUT2D eigenvalue weighted by Crippen LogP contribution is 2.45. The standard InChI is InChI=1S/C22H23N3O.ClH/c1-15-6-3-4-9-19(15)21-20-14-25(13-18(20)12-24(21)2)22(26)17-8-5-7-16(10-17)11-23;/h3-10,18,20-21H,12-14H2,1-2H3;1H/t18-,20+,21-;/m0./s1. The maximum absolute atomic E-state index is 12.9. The Kier molecular flexibility index (Phi) is 5.55. The van der Waals surface area contributed by atoms with E-state index in [0.29, 0.717) is 29.0 Å². The Labute approximate surface area is 166 Å². The van der Waals surface area contributed by atoms with E-state index in [1.807, 2.05) is 11.0 Å². The molecule has 4 nitrogen and oxygen atoms in total. The van der Waals surface area contributed by atoms with Crippen molar-refractivity contribution in [1.82, 2.24) is 9.80 Å². The van der Waals surface area contributed by atoms with Crippen molar-refractivity contribution in [3.63, 3.8) is 0 Å². The number of likely N-dealkylation sites (tertiary alicyclic amines) is 2. The lowest BCUT2D eigenvalue weighted by atomic mass is 9.88. The number of hydrogen-bond donors (Lipinski definition) is 0. The van der Waals surface area contributed by atoms with Gasteiger partial charge < -0.3 is 4.90 Å². The van der Waals surface area contributed by atoms with Gasteiger partial charge in [-0.05, 0) is 49.2 Å². The number of fused-ring (bicyclic) bond motifs is 1. The summed E-state index contributed by atoms with van der Waals surface area (Å²) in [6, 6.07) is 18.1. The summed E-state index contributed by atoms with van der Waals surface area (Å²) in [5.74, 6) is 1.01. The minimum absolute atomic E-state index is 0. The molecule has 0 unspecified atom stereocenters. The van der Waals surface area contributed by atoms with Crippen LogP contribution in [0, 0.1) is 30.1 Å². The molecule has 0 aromatic heterocycles. The molecule has 0 N–H and O–H groups in total. The summed E-state index contributed by atoms with van der Waals surface area (Å²) in [6.07, 6.45) is 0. The molecule has 0 saturated carbocycles. The van der Waals surface area contributed by atoms with Gasteiger partial charge in [0, 0.05) is 37.2 Å². The average Bonchev–Trinajstić information content (AvgIpc) is 3.18. The predicted octanol–water partition coefficient (Wildman–Crippen LogP) is 3.66. The van der Waals surface area contributed by atoms with Crippen molar-refractivity contribution < 1.29 is 4.79 Å². The number of carbonyl (C=O) groups is 1. The Balaban J connectivity index is 0.00000210. The van der Waals surface area contributed by atoms with E-state index in [9.17, 15) is 4.79 Å². The summed E-state index contributed by atoms with van der Waals surface area (Å²) in [5, 5.41) is 9.08. The molecule has 0 spiro atoms. The second-order valence-electron chi connectivity index (χ2n) is 7.57. The van der Waals surface area contributed by atoms with Gasteiger partial charge in [-0.2, -0.15) is 5.26 Å². The number of amides is 1. The summed E-state index contributed by atoms with van der Waals surface area (Å²) in [4.78, 5) is 17.4. The van der Waals surface area contributed by atoms with Crippen LogP contribution in [-0.2, 0) is 0 Å². The van der Waals surface area contributed by atoms with Gasteiger partial charge in [0.15, 0.2) is 0 Å². The molecule has 4 rings (SSSR count). The van der Waals surface area contributed by atoms with E-state index in [4.69, 9.17) is 5.26 Å². The smallest absolute Gasteiger partial charge is 0.253 e. The Bertz CT molecular complexity index is 891.